The van der Waals surface area contributed by atoms with E-state index in [-0.39, 0.29) is 18.5 Å². The zero-order chi connectivity index (χ0) is 18.1. The Kier molecular flexibility index (Phi) is 6.83. The molecule has 6 heteroatoms. The Morgan fingerprint density at radius 2 is 1.40 bits per heavy atom. The summed E-state index contributed by atoms with van der Waals surface area (Å²) in [6, 6.07) is 14.9. The van der Waals surface area contributed by atoms with Crippen molar-refractivity contribution >= 4 is 11.9 Å². The zero-order valence-electron chi connectivity index (χ0n) is 14.5. The molecule has 0 unspecified atom stereocenters. The first-order chi connectivity index (χ1) is 12.1. The molecule has 3 N–H and O–H groups in total. The highest BCUT2D eigenvalue weighted by Crippen LogP contribution is 2.10. The number of methoxy groups -OCH3 is 1. The quantitative estimate of drug-likeness (QED) is 0.722. The fraction of sp³-hybridized carbons (Fsp3) is 0.263. The number of carbonyl (C=O) groups is 2. The molecule has 0 aliphatic carbocycles. The van der Waals surface area contributed by atoms with Gasteiger partial charge in [0.15, 0.2) is 0 Å². The van der Waals surface area contributed by atoms with Crippen molar-refractivity contribution in [3.63, 3.8) is 0 Å². The third-order valence-electron chi connectivity index (χ3n) is 3.63. The van der Waals surface area contributed by atoms with E-state index in [1.165, 1.54) is 5.56 Å². The summed E-state index contributed by atoms with van der Waals surface area (Å²) in [4.78, 5) is 23.5. The molecule has 0 bridgehead atoms. The Morgan fingerprint density at radius 1 is 0.840 bits per heavy atom. The van der Waals surface area contributed by atoms with Crippen LogP contribution in [0.15, 0.2) is 48.5 Å². The molecule has 2 aromatic carbocycles. The second kappa shape index (κ2) is 9.32. The van der Waals surface area contributed by atoms with E-state index < -0.39 is 0 Å². The number of hydrogen-bond donors (Lipinski definition) is 3. The largest absolute Gasteiger partial charge is 0.497 e. The lowest BCUT2D eigenvalue weighted by Gasteiger charge is -2.09. The second-order valence-corrected chi connectivity index (χ2v) is 5.65. The molecular weight excluding hydrogens is 318 g/mol. The highest BCUT2D eigenvalue weighted by molar-refractivity contribution is 5.83. The number of carbonyl (C=O) groups excluding carboxylic acids is 2. The van der Waals surface area contributed by atoms with Gasteiger partial charge in [-0.15, -0.1) is 0 Å². The highest BCUT2D eigenvalue weighted by Gasteiger charge is 2.05. The number of nitrogens with one attached hydrogen (secondary N) is 3. The molecule has 0 heterocycles. The molecule has 2 rings (SSSR count). The minimum Gasteiger partial charge on any atom is -0.497 e. The predicted molar refractivity (Wildman–Crippen MR) is 96.3 cm³/mol. The van der Waals surface area contributed by atoms with Gasteiger partial charge in [-0.1, -0.05) is 42.0 Å². The summed E-state index contributed by atoms with van der Waals surface area (Å²) >= 11 is 0. The summed E-state index contributed by atoms with van der Waals surface area (Å²) in [7, 11) is 1.60. The fourth-order valence-corrected chi connectivity index (χ4v) is 2.12. The number of amides is 3. The van der Waals surface area contributed by atoms with E-state index >= 15 is 0 Å². The van der Waals surface area contributed by atoms with E-state index in [0.29, 0.717) is 13.1 Å². The molecule has 0 radical (unpaired) electrons. The monoisotopic (exact) mass is 341 g/mol. The molecule has 2 aromatic rings. The van der Waals surface area contributed by atoms with Crippen LogP contribution in [-0.2, 0) is 17.9 Å². The van der Waals surface area contributed by atoms with Crippen molar-refractivity contribution in [2.75, 3.05) is 13.7 Å². The lowest BCUT2D eigenvalue weighted by atomic mass is 10.1. The van der Waals surface area contributed by atoms with Crippen LogP contribution in [0.25, 0.3) is 0 Å². The smallest absolute Gasteiger partial charge is 0.315 e. The van der Waals surface area contributed by atoms with Crippen LogP contribution in [0.5, 0.6) is 5.75 Å². The van der Waals surface area contributed by atoms with Crippen LogP contribution in [0, 0.1) is 6.92 Å². The van der Waals surface area contributed by atoms with Gasteiger partial charge in [-0.2, -0.15) is 0 Å². The average molecular weight is 341 g/mol. The molecule has 0 aromatic heterocycles. The van der Waals surface area contributed by atoms with Gasteiger partial charge >= 0.3 is 6.03 Å². The minimum absolute atomic E-state index is 0.0735. The normalized spacial score (nSPS) is 10.0. The van der Waals surface area contributed by atoms with Gasteiger partial charge in [0.25, 0.3) is 0 Å². The van der Waals surface area contributed by atoms with Gasteiger partial charge in [0.1, 0.15) is 5.75 Å². The summed E-state index contributed by atoms with van der Waals surface area (Å²) in [5, 5.41) is 8.00. The van der Waals surface area contributed by atoms with Crippen molar-refractivity contribution in [3.05, 3.63) is 65.2 Å². The molecule has 25 heavy (non-hydrogen) atoms. The first kappa shape index (κ1) is 18.3. The van der Waals surface area contributed by atoms with Crippen LogP contribution in [0.1, 0.15) is 16.7 Å². The van der Waals surface area contributed by atoms with Crippen LogP contribution in [-0.4, -0.2) is 25.6 Å². The summed E-state index contributed by atoms with van der Waals surface area (Å²) < 4.78 is 5.08. The van der Waals surface area contributed by atoms with E-state index in [9.17, 15) is 9.59 Å². The van der Waals surface area contributed by atoms with Crippen LogP contribution >= 0.6 is 0 Å². The number of ether oxygens (including phenoxy) is 1. The Morgan fingerprint density at radius 3 is 2.00 bits per heavy atom. The molecule has 0 atom stereocenters. The lowest BCUT2D eigenvalue weighted by molar-refractivity contribution is -0.120. The van der Waals surface area contributed by atoms with E-state index in [4.69, 9.17) is 4.74 Å². The fourth-order valence-electron chi connectivity index (χ4n) is 2.12. The van der Waals surface area contributed by atoms with Crippen LogP contribution < -0.4 is 20.7 Å². The van der Waals surface area contributed by atoms with E-state index in [1.807, 2.05) is 55.5 Å². The molecule has 0 saturated heterocycles. The first-order valence-corrected chi connectivity index (χ1v) is 8.03. The third kappa shape index (κ3) is 6.55. The second-order valence-electron chi connectivity index (χ2n) is 5.65. The van der Waals surface area contributed by atoms with Gasteiger partial charge in [0.2, 0.25) is 5.91 Å². The van der Waals surface area contributed by atoms with Crippen molar-refractivity contribution in [1.82, 2.24) is 16.0 Å². The van der Waals surface area contributed by atoms with E-state index in [1.54, 1.807) is 7.11 Å². The molecule has 0 saturated carbocycles. The number of hydrogen-bond acceptors (Lipinski definition) is 3. The maximum absolute atomic E-state index is 11.8. The van der Waals surface area contributed by atoms with Gasteiger partial charge in [0.05, 0.1) is 13.7 Å². The molecule has 0 fully saturated rings. The van der Waals surface area contributed by atoms with Gasteiger partial charge in [-0.25, -0.2) is 4.79 Å². The third-order valence-corrected chi connectivity index (χ3v) is 3.63. The maximum atomic E-state index is 11.8. The Bertz CT molecular complexity index is 697. The van der Waals surface area contributed by atoms with Gasteiger partial charge < -0.3 is 20.7 Å². The lowest BCUT2D eigenvalue weighted by Crippen LogP contribution is -2.41. The molecule has 0 aliphatic heterocycles. The molecule has 0 aliphatic rings. The van der Waals surface area contributed by atoms with Crippen molar-refractivity contribution in [2.45, 2.75) is 20.0 Å². The topological polar surface area (TPSA) is 79.5 Å². The summed E-state index contributed by atoms with van der Waals surface area (Å²) in [6.45, 7) is 2.75. The average Bonchev–Trinajstić information content (AvgIpc) is 2.64. The van der Waals surface area contributed by atoms with Crippen LogP contribution in [0.2, 0.25) is 0 Å². The number of urea groups is 1. The van der Waals surface area contributed by atoms with Gasteiger partial charge in [-0.3, -0.25) is 4.79 Å². The van der Waals surface area contributed by atoms with Crippen molar-refractivity contribution in [3.8, 4) is 5.75 Å². The summed E-state index contributed by atoms with van der Waals surface area (Å²) in [5.74, 6) is 0.517. The van der Waals surface area contributed by atoms with Gasteiger partial charge in [0, 0.05) is 13.1 Å². The minimum atomic E-state index is -0.375. The standard InChI is InChI=1S/C19H23N3O3/c1-14-3-5-15(6-4-14)12-21-19(24)22-13-18(23)20-11-16-7-9-17(25-2)10-8-16/h3-10H,11-13H2,1-2H3,(H,20,23)(H2,21,22,24). The van der Waals surface area contributed by atoms with E-state index in [2.05, 4.69) is 16.0 Å². The Labute approximate surface area is 147 Å². The van der Waals surface area contributed by atoms with Crippen molar-refractivity contribution in [1.29, 1.82) is 0 Å². The summed E-state index contributed by atoms with van der Waals surface area (Å²) in [5.41, 5.74) is 3.13. The predicted octanol–water partition coefficient (Wildman–Crippen LogP) is 2.12. The van der Waals surface area contributed by atoms with Crippen molar-refractivity contribution in [2.24, 2.45) is 0 Å². The van der Waals surface area contributed by atoms with Crippen molar-refractivity contribution < 1.29 is 14.3 Å². The highest BCUT2D eigenvalue weighted by atomic mass is 16.5. The molecule has 132 valence electrons. The molecular formula is C19H23N3O3. The molecule has 3 amide bonds. The summed E-state index contributed by atoms with van der Waals surface area (Å²) in [6.07, 6.45) is 0. The van der Waals surface area contributed by atoms with Crippen LogP contribution in [0.3, 0.4) is 0 Å². The molecule has 6 nitrogen and oxygen atoms in total. The number of rotatable bonds is 7. The SMILES string of the molecule is COc1ccc(CNC(=O)CNC(=O)NCc2ccc(C)cc2)cc1. The number of aryl methyl sites for hydroxylation is 1. The Balaban J connectivity index is 1.64. The maximum Gasteiger partial charge on any atom is 0.315 e. The van der Waals surface area contributed by atoms with E-state index in [0.717, 1.165) is 16.9 Å². The Hall–Kier alpha value is -3.02. The zero-order valence-corrected chi connectivity index (χ0v) is 14.5. The number of benzene rings is 2. The first-order valence-electron chi connectivity index (χ1n) is 8.03. The van der Waals surface area contributed by atoms with Crippen LogP contribution in [0.4, 0.5) is 4.79 Å². The van der Waals surface area contributed by atoms with Gasteiger partial charge in [-0.05, 0) is 30.2 Å². The molecule has 0 spiro atoms.